The average molecular weight is 603 g/mol. The van der Waals surface area contributed by atoms with Gasteiger partial charge >= 0.3 is 0 Å². The molecule has 0 aliphatic carbocycles. The van der Waals surface area contributed by atoms with Crippen molar-refractivity contribution in [1.29, 1.82) is 0 Å². The number of aliphatic hydroxyl groups is 1. The molecule has 2 aromatic carbocycles. The number of likely N-dealkylation sites (N-methyl/N-ethyl adjacent to an activating group) is 1. The largest absolute Gasteiger partial charge is 0.490 e. The number of hydrogen-bond donors (Lipinski definition) is 2. The van der Waals surface area contributed by atoms with E-state index in [1.54, 1.807) is 59.8 Å². The monoisotopic (exact) mass is 602 g/mol. The van der Waals surface area contributed by atoms with Crippen molar-refractivity contribution in [3.8, 4) is 5.75 Å². The van der Waals surface area contributed by atoms with Crippen LogP contribution < -0.4 is 10.1 Å². The van der Waals surface area contributed by atoms with E-state index in [1.807, 2.05) is 32.0 Å². The number of amides is 2. The second kappa shape index (κ2) is 16.3. The topological polar surface area (TPSA) is 104 Å². The summed E-state index contributed by atoms with van der Waals surface area (Å²) >= 11 is 0. The summed E-state index contributed by atoms with van der Waals surface area (Å²) in [6.45, 7) is 8.18. The fourth-order valence-electron chi connectivity index (χ4n) is 5.43. The van der Waals surface area contributed by atoms with Gasteiger partial charge in [-0.3, -0.25) is 19.5 Å². The molecule has 0 bridgehead atoms. The summed E-state index contributed by atoms with van der Waals surface area (Å²) in [5.41, 5.74) is 2.53. The van der Waals surface area contributed by atoms with Gasteiger partial charge < -0.3 is 24.8 Å². The molecule has 0 fully saturated rings. The molecule has 0 unspecified atom stereocenters. The highest BCUT2D eigenvalue weighted by Gasteiger charge is 2.30. The third-order valence-corrected chi connectivity index (χ3v) is 8.04. The highest BCUT2D eigenvalue weighted by atomic mass is 16.5. The lowest BCUT2D eigenvalue weighted by atomic mass is 10.0. The quantitative estimate of drug-likeness (QED) is 0.363. The Morgan fingerprint density at radius 3 is 2.59 bits per heavy atom. The van der Waals surface area contributed by atoms with Gasteiger partial charge in [0, 0.05) is 55.8 Å². The number of aliphatic hydroxyl groups excluding tert-OH is 1. The van der Waals surface area contributed by atoms with Gasteiger partial charge in [-0.05, 0) is 88.2 Å². The third kappa shape index (κ3) is 9.35. The Kier molecular flexibility index (Phi) is 12.3. The van der Waals surface area contributed by atoms with Gasteiger partial charge in [-0.25, -0.2) is 0 Å². The van der Waals surface area contributed by atoms with Gasteiger partial charge in [-0.15, -0.1) is 0 Å². The second-order valence-electron chi connectivity index (χ2n) is 11.9. The molecule has 1 aliphatic heterocycles. The van der Waals surface area contributed by atoms with E-state index in [1.165, 1.54) is 5.56 Å². The van der Waals surface area contributed by atoms with Crippen molar-refractivity contribution < 1.29 is 24.2 Å². The van der Waals surface area contributed by atoms with Crippen molar-refractivity contribution in [3.05, 3.63) is 89.7 Å². The van der Waals surface area contributed by atoms with Gasteiger partial charge in [0.05, 0.1) is 30.4 Å². The predicted octanol–water partition coefficient (Wildman–Crippen LogP) is 5.26. The molecule has 2 amide bonds. The van der Waals surface area contributed by atoms with E-state index in [4.69, 9.17) is 9.47 Å². The lowest BCUT2D eigenvalue weighted by Gasteiger charge is -2.36. The van der Waals surface area contributed by atoms with Gasteiger partial charge in [0.2, 0.25) is 0 Å². The van der Waals surface area contributed by atoms with Crippen LogP contribution in [-0.2, 0) is 11.3 Å². The van der Waals surface area contributed by atoms with Crippen molar-refractivity contribution in [1.82, 2.24) is 14.8 Å². The molecule has 4 rings (SSSR count). The Bertz CT molecular complexity index is 1340. The van der Waals surface area contributed by atoms with Crippen LogP contribution in [0.1, 0.15) is 66.3 Å². The van der Waals surface area contributed by atoms with Crippen molar-refractivity contribution >= 4 is 17.5 Å². The number of pyridine rings is 1. The number of aromatic nitrogens is 1. The van der Waals surface area contributed by atoms with Gasteiger partial charge in [0.1, 0.15) is 5.75 Å². The van der Waals surface area contributed by atoms with E-state index in [9.17, 15) is 14.7 Å². The van der Waals surface area contributed by atoms with Crippen LogP contribution >= 0.6 is 0 Å². The van der Waals surface area contributed by atoms with Crippen LogP contribution in [0.5, 0.6) is 5.75 Å². The number of nitrogens with one attached hydrogen (secondary N) is 1. The minimum atomic E-state index is -0.444. The Hall–Kier alpha value is -3.79. The molecule has 9 nitrogen and oxygen atoms in total. The van der Waals surface area contributed by atoms with Crippen LogP contribution in [0.25, 0.3) is 0 Å². The van der Waals surface area contributed by atoms with Gasteiger partial charge in [0.15, 0.2) is 0 Å². The molecule has 1 aromatic heterocycles. The van der Waals surface area contributed by atoms with E-state index in [2.05, 4.69) is 29.2 Å². The number of fused-ring (bicyclic) bond motifs is 1. The standard InChI is InChI=1S/C35H46N4O5/c1-25-21-39(26(2)24-40)35(42)31-20-30(37-34(41)29-11-6-5-7-12-29)13-14-32(31)44-27(3)10-8-9-19-43-33(25)23-38(4)22-28-15-17-36-18-16-28/h5-7,11-18,20,25-27,33,40H,8-10,19,21-24H2,1-4H3,(H,37,41)/t25-,26-,27-,33-/m0/s1. The maximum atomic E-state index is 14.3. The summed E-state index contributed by atoms with van der Waals surface area (Å²) in [6.07, 6.45) is 5.97. The van der Waals surface area contributed by atoms with Crippen LogP contribution in [0.3, 0.4) is 0 Å². The number of ether oxygens (including phenoxy) is 2. The van der Waals surface area contributed by atoms with Gasteiger partial charge in [-0.1, -0.05) is 25.1 Å². The highest BCUT2D eigenvalue weighted by molar-refractivity contribution is 6.05. The molecule has 3 aromatic rings. The van der Waals surface area contributed by atoms with Crippen LogP contribution in [0, 0.1) is 5.92 Å². The second-order valence-corrected chi connectivity index (χ2v) is 11.9. The van der Waals surface area contributed by atoms with Crippen molar-refractivity contribution in [2.45, 2.75) is 64.8 Å². The summed E-state index contributed by atoms with van der Waals surface area (Å²) < 4.78 is 12.8. The van der Waals surface area contributed by atoms with Crippen LogP contribution in [-0.4, -0.2) is 83.3 Å². The Balaban J connectivity index is 1.61. The SMILES string of the molecule is C[C@H]1CCCCO[C@@H](CN(C)Cc2ccncc2)[C@@H](C)CN([C@@H](C)CO)C(=O)c2cc(NC(=O)c3ccccc3)ccc2O1. The molecule has 236 valence electrons. The fourth-order valence-corrected chi connectivity index (χ4v) is 5.43. The maximum absolute atomic E-state index is 14.3. The Morgan fingerprint density at radius 2 is 1.86 bits per heavy atom. The number of nitrogens with zero attached hydrogens (tertiary/aromatic N) is 3. The van der Waals surface area contributed by atoms with E-state index >= 15 is 0 Å². The summed E-state index contributed by atoms with van der Waals surface area (Å²) in [5, 5.41) is 13.1. The van der Waals surface area contributed by atoms with E-state index in [-0.39, 0.29) is 36.5 Å². The first kappa shape index (κ1) is 33.1. The molecule has 4 atom stereocenters. The predicted molar refractivity (Wildman–Crippen MR) is 172 cm³/mol. The molecule has 2 N–H and O–H groups in total. The zero-order chi connectivity index (χ0) is 31.5. The number of benzene rings is 2. The molecule has 2 heterocycles. The zero-order valence-corrected chi connectivity index (χ0v) is 26.3. The molecule has 44 heavy (non-hydrogen) atoms. The van der Waals surface area contributed by atoms with Crippen molar-refractivity contribution in [2.24, 2.45) is 5.92 Å². The third-order valence-electron chi connectivity index (χ3n) is 8.04. The summed E-state index contributed by atoms with van der Waals surface area (Å²) in [6, 6.07) is 17.7. The molecule has 0 radical (unpaired) electrons. The number of hydrogen-bond acceptors (Lipinski definition) is 7. The number of rotatable bonds is 8. The summed E-state index contributed by atoms with van der Waals surface area (Å²) in [4.78, 5) is 35.3. The molecular weight excluding hydrogens is 556 g/mol. The summed E-state index contributed by atoms with van der Waals surface area (Å²) in [5.74, 6) is -0.0967. The van der Waals surface area contributed by atoms with Crippen LogP contribution in [0.4, 0.5) is 5.69 Å². The molecule has 9 heteroatoms. The van der Waals surface area contributed by atoms with Crippen LogP contribution in [0.2, 0.25) is 0 Å². The van der Waals surface area contributed by atoms with Gasteiger partial charge in [0.25, 0.3) is 11.8 Å². The molecule has 0 saturated heterocycles. The molecule has 0 spiro atoms. The number of carbonyl (C=O) groups is 2. The highest BCUT2D eigenvalue weighted by Crippen LogP contribution is 2.29. The molecule has 1 aliphatic rings. The van der Waals surface area contributed by atoms with Gasteiger partial charge in [-0.2, -0.15) is 0 Å². The van der Waals surface area contributed by atoms with E-state index < -0.39 is 6.04 Å². The average Bonchev–Trinajstić information content (AvgIpc) is 3.03. The zero-order valence-electron chi connectivity index (χ0n) is 26.3. The van der Waals surface area contributed by atoms with E-state index in [0.717, 1.165) is 25.8 Å². The Morgan fingerprint density at radius 1 is 1.11 bits per heavy atom. The summed E-state index contributed by atoms with van der Waals surface area (Å²) in [7, 11) is 2.07. The fraction of sp³-hybridized carbons (Fsp3) is 0.457. The molecule has 0 saturated carbocycles. The Labute approximate surface area is 261 Å². The molecular formula is C35H46N4O5. The van der Waals surface area contributed by atoms with Crippen LogP contribution in [0.15, 0.2) is 73.1 Å². The lowest BCUT2D eigenvalue weighted by molar-refractivity contribution is -0.0177. The number of anilines is 1. The van der Waals surface area contributed by atoms with E-state index in [0.29, 0.717) is 42.3 Å². The minimum Gasteiger partial charge on any atom is -0.490 e. The number of carbonyl (C=O) groups excluding carboxylic acids is 2. The minimum absolute atomic E-state index is 0.0277. The van der Waals surface area contributed by atoms with Crippen molar-refractivity contribution in [3.63, 3.8) is 0 Å². The maximum Gasteiger partial charge on any atom is 0.258 e. The smallest absolute Gasteiger partial charge is 0.258 e. The first-order chi connectivity index (χ1) is 21.2. The lowest BCUT2D eigenvalue weighted by Crippen LogP contribution is -2.47. The first-order valence-electron chi connectivity index (χ1n) is 15.5. The van der Waals surface area contributed by atoms with Crippen molar-refractivity contribution in [2.75, 3.05) is 38.7 Å². The first-order valence-corrected chi connectivity index (χ1v) is 15.5. The normalized spacial score (nSPS) is 20.7.